The molecule has 0 N–H and O–H groups in total. The summed E-state index contributed by atoms with van der Waals surface area (Å²) in [5, 5.41) is 20.1. The molecule has 0 aliphatic carbocycles. The standard InChI is InChI=1S/2C10H10O2.3C7H7.Sb/c2*1-8-2-4-9(5-3-8)6-7-10(11)12;3*1-7-5-3-2-4-6-7;/h2*2-7H,1H3,(H,11,12);3*2-3,5-6H,1H3;/p-2/b2*7-6+;;;;. The molecule has 0 aliphatic heterocycles. The molecule has 0 unspecified atom stereocenters. The van der Waals surface area contributed by atoms with Gasteiger partial charge in [-0.25, -0.2) is 0 Å². The summed E-state index contributed by atoms with van der Waals surface area (Å²) in [5.41, 5.74) is 7.84. The monoisotopic (exact) mass is 716 g/mol. The van der Waals surface area contributed by atoms with Crippen molar-refractivity contribution in [3.8, 4) is 0 Å². The van der Waals surface area contributed by atoms with Gasteiger partial charge in [-0.2, -0.15) is 0 Å². The molecule has 46 heavy (non-hydrogen) atoms. The zero-order chi connectivity index (χ0) is 33.3. The van der Waals surface area contributed by atoms with Gasteiger partial charge >= 0.3 is 0 Å². The number of hydrogen-bond donors (Lipinski definition) is 0. The molecule has 5 heteroatoms. The third-order valence-corrected chi connectivity index (χ3v) is 5.57. The number of carboxylic acids is 2. The van der Waals surface area contributed by atoms with Gasteiger partial charge < -0.3 is 19.8 Å². The molecule has 234 valence electrons. The fourth-order valence-electron chi connectivity index (χ4n) is 3.13. The minimum absolute atomic E-state index is 0. The molecule has 5 rings (SSSR count). The number of benzene rings is 5. The van der Waals surface area contributed by atoms with Crippen molar-refractivity contribution in [2.24, 2.45) is 0 Å². The molecule has 6 radical (unpaired) electrons. The second kappa shape index (κ2) is 25.6. The Morgan fingerprint density at radius 1 is 0.478 bits per heavy atom. The fraction of sp³-hybridized carbons (Fsp3) is 0.122. The van der Waals surface area contributed by atoms with Crippen LogP contribution in [0, 0.1) is 52.8 Å². The van der Waals surface area contributed by atoms with Gasteiger partial charge in [0.25, 0.3) is 0 Å². The van der Waals surface area contributed by atoms with E-state index in [4.69, 9.17) is 0 Å². The Morgan fingerprint density at radius 3 is 0.935 bits per heavy atom. The summed E-state index contributed by atoms with van der Waals surface area (Å²) in [6, 6.07) is 47.7. The van der Waals surface area contributed by atoms with E-state index in [1.807, 2.05) is 117 Å². The van der Waals surface area contributed by atoms with Gasteiger partial charge in [0, 0.05) is 24.4 Å². The molecule has 5 aromatic carbocycles. The maximum Gasteiger partial charge on any atom is 0.0643 e. The molecule has 0 spiro atoms. The van der Waals surface area contributed by atoms with Gasteiger partial charge in [0.15, 0.2) is 0 Å². The molecule has 0 aliphatic rings. The van der Waals surface area contributed by atoms with E-state index >= 15 is 0 Å². The first kappa shape index (κ1) is 41.3. The van der Waals surface area contributed by atoms with Crippen LogP contribution in [0.1, 0.15) is 38.9 Å². The quantitative estimate of drug-likeness (QED) is 0.157. The summed E-state index contributed by atoms with van der Waals surface area (Å²) in [6.45, 7) is 10.1. The predicted molar refractivity (Wildman–Crippen MR) is 186 cm³/mol. The second-order valence-corrected chi connectivity index (χ2v) is 9.87. The van der Waals surface area contributed by atoms with Crippen molar-refractivity contribution < 1.29 is 19.8 Å². The van der Waals surface area contributed by atoms with E-state index in [9.17, 15) is 19.8 Å². The number of aliphatic carboxylic acids is 2. The Labute approximate surface area is 292 Å². The van der Waals surface area contributed by atoms with Crippen molar-refractivity contribution in [3.63, 3.8) is 0 Å². The zero-order valence-corrected chi connectivity index (χ0v) is 29.5. The van der Waals surface area contributed by atoms with Crippen LogP contribution in [0.2, 0.25) is 0 Å². The fourth-order valence-corrected chi connectivity index (χ4v) is 3.13. The molecule has 0 aromatic heterocycles. The van der Waals surface area contributed by atoms with Gasteiger partial charge in [0.05, 0.1) is 11.9 Å². The second-order valence-electron chi connectivity index (χ2n) is 9.87. The van der Waals surface area contributed by atoms with Crippen LogP contribution < -0.4 is 10.2 Å². The first-order valence-corrected chi connectivity index (χ1v) is 14.2. The largest absolute Gasteiger partial charge is 0.545 e. The van der Waals surface area contributed by atoms with Crippen molar-refractivity contribution in [2.45, 2.75) is 34.6 Å². The first-order chi connectivity index (χ1) is 21.5. The predicted octanol–water partition coefficient (Wildman–Crippen LogP) is 6.52. The normalized spacial score (nSPS) is 9.41. The van der Waals surface area contributed by atoms with Crippen LogP contribution in [0.15, 0.2) is 133 Å². The van der Waals surface area contributed by atoms with E-state index in [0.717, 1.165) is 34.4 Å². The maximum absolute atomic E-state index is 10.0. The van der Waals surface area contributed by atoms with Crippen LogP contribution in [0.5, 0.6) is 0 Å². The van der Waals surface area contributed by atoms with Crippen molar-refractivity contribution in [1.29, 1.82) is 0 Å². The van der Waals surface area contributed by atoms with E-state index in [2.05, 4.69) is 57.2 Å². The Kier molecular flexibility index (Phi) is 23.0. The van der Waals surface area contributed by atoms with Gasteiger partial charge in [-0.1, -0.05) is 161 Å². The molecular weight excluding hydrogens is 678 g/mol. The molecule has 0 heterocycles. The van der Waals surface area contributed by atoms with Crippen LogP contribution in [0.3, 0.4) is 0 Å². The molecule has 0 saturated heterocycles. The number of rotatable bonds is 4. The van der Waals surface area contributed by atoms with Crippen LogP contribution in [0.25, 0.3) is 12.2 Å². The third kappa shape index (κ3) is 23.8. The molecular formula is C41H39O4Sb-2. The van der Waals surface area contributed by atoms with E-state index in [1.165, 1.54) is 28.8 Å². The average Bonchev–Trinajstić information content (AvgIpc) is 3.03. The summed E-state index contributed by atoms with van der Waals surface area (Å²) in [6.07, 6.45) is 5.05. The minimum atomic E-state index is -1.17. The van der Waals surface area contributed by atoms with Crippen LogP contribution in [-0.2, 0) is 9.59 Å². The molecule has 0 saturated carbocycles. The number of carboxylic acid groups (broad SMARTS) is 2. The summed E-state index contributed by atoms with van der Waals surface area (Å²) in [7, 11) is 0. The number of aryl methyl sites for hydroxylation is 5. The minimum Gasteiger partial charge on any atom is -0.545 e. The molecule has 0 fully saturated rings. The van der Waals surface area contributed by atoms with Crippen LogP contribution >= 0.6 is 0 Å². The average molecular weight is 718 g/mol. The number of carbonyl (C=O) groups is 2. The van der Waals surface area contributed by atoms with Gasteiger partial charge in [-0.05, 0) is 76.1 Å². The first-order valence-electron chi connectivity index (χ1n) is 14.2. The van der Waals surface area contributed by atoms with Crippen molar-refractivity contribution in [1.82, 2.24) is 0 Å². The van der Waals surface area contributed by atoms with Crippen LogP contribution in [-0.4, -0.2) is 36.4 Å². The third-order valence-electron chi connectivity index (χ3n) is 5.57. The topological polar surface area (TPSA) is 80.3 Å². The van der Waals surface area contributed by atoms with Crippen LogP contribution in [0.4, 0.5) is 0 Å². The van der Waals surface area contributed by atoms with Gasteiger partial charge in [-0.15, -0.1) is 0 Å². The maximum atomic E-state index is 10.0. The van der Waals surface area contributed by atoms with Gasteiger partial charge in [0.1, 0.15) is 0 Å². The Hall–Kier alpha value is -4.66. The van der Waals surface area contributed by atoms with Gasteiger partial charge in [-0.3, -0.25) is 0 Å². The summed E-state index contributed by atoms with van der Waals surface area (Å²) < 4.78 is 0. The molecule has 0 amide bonds. The smallest absolute Gasteiger partial charge is 0.0643 e. The van der Waals surface area contributed by atoms with E-state index in [1.54, 1.807) is 0 Å². The number of hydrogen-bond acceptors (Lipinski definition) is 4. The van der Waals surface area contributed by atoms with Crippen molar-refractivity contribution in [3.05, 3.63) is 191 Å². The van der Waals surface area contributed by atoms with Gasteiger partial charge in [0.2, 0.25) is 0 Å². The summed E-state index contributed by atoms with van der Waals surface area (Å²) in [4.78, 5) is 20.1. The summed E-state index contributed by atoms with van der Waals surface area (Å²) in [5.74, 6) is -2.34. The molecule has 5 aromatic rings. The molecule has 4 nitrogen and oxygen atoms in total. The Morgan fingerprint density at radius 2 is 0.761 bits per heavy atom. The van der Waals surface area contributed by atoms with E-state index in [0.29, 0.717) is 0 Å². The van der Waals surface area contributed by atoms with Crippen molar-refractivity contribution >= 4 is 48.5 Å². The SMILES string of the molecule is Cc1c[c]ccc1.Cc1c[c]ccc1.Cc1c[c]ccc1.Cc1ccc(/C=C/C(=O)[O-])cc1.Cc1ccc(/C=C/C(=O)[O-])cc1.[Sb]. The molecule has 0 bridgehead atoms. The Bertz CT molecular complexity index is 1390. The van der Waals surface area contributed by atoms with E-state index < -0.39 is 11.9 Å². The Balaban J connectivity index is 0.000000560. The summed E-state index contributed by atoms with van der Waals surface area (Å²) >= 11 is 0. The zero-order valence-electron chi connectivity index (χ0n) is 26.9. The van der Waals surface area contributed by atoms with Crippen molar-refractivity contribution in [2.75, 3.05) is 0 Å². The molecule has 0 atom stereocenters. The number of carbonyl (C=O) groups excluding carboxylic acids is 2. The van der Waals surface area contributed by atoms with E-state index in [-0.39, 0.29) is 24.4 Å².